The Hall–Kier alpha value is -1.47. The third-order valence-corrected chi connectivity index (χ3v) is 4.73. The maximum Gasteiger partial charge on any atom is 0.573 e. The third-order valence-electron chi connectivity index (χ3n) is 4.73. The highest BCUT2D eigenvalue weighted by atomic mass is 35.5. The maximum absolute atomic E-state index is 12.7. The van der Waals surface area contributed by atoms with Crippen molar-refractivity contribution in [3.05, 3.63) is 29.3 Å². The van der Waals surface area contributed by atoms with Gasteiger partial charge in [-0.2, -0.15) is 0 Å². The smallest absolute Gasteiger partial charge is 0.405 e. The number of benzene rings is 1. The predicted molar refractivity (Wildman–Crippen MR) is 90.3 cm³/mol. The molecular weight excluding hydrogens is 357 g/mol. The fourth-order valence-electron chi connectivity index (χ4n) is 3.16. The van der Waals surface area contributed by atoms with Crippen molar-refractivity contribution in [2.45, 2.75) is 50.4 Å². The van der Waals surface area contributed by atoms with E-state index >= 15 is 0 Å². The first-order valence-electron chi connectivity index (χ1n) is 8.33. The van der Waals surface area contributed by atoms with E-state index in [-0.39, 0.29) is 29.9 Å². The molecule has 0 atom stereocenters. The van der Waals surface area contributed by atoms with Gasteiger partial charge < -0.3 is 15.4 Å². The van der Waals surface area contributed by atoms with Gasteiger partial charge in [0.25, 0.3) is 5.91 Å². The summed E-state index contributed by atoms with van der Waals surface area (Å²) in [6.07, 6.45) is -0.329. The van der Waals surface area contributed by atoms with Gasteiger partial charge in [0.15, 0.2) is 0 Å². The second-order valence-corrected chi connectivity index (χ2v) is 6.43. The van der Waals surface area contributed by atoms with E-state index < -0.39 is 18.0 Å². The van der Waals surface area contributed by atoms with Crippen molar-refractivity contribution < 1.29 is 22.7 Å². The molecule has 0 unspecified atom stereocenters. The Bertz CT molecular complexity index is 600. The molecule has 0 spiro atoms. The number of hydrogen-bond acceptors (Lipinski definition) is 3. The van der Waals surface area contributed by atoms with Gasteiger partial charge >= 0.3 is 6.36 Å². The van der Waals surface area contributed by atoms with Crippen LogP contribution in [-0.2, 0) is 0 Å². The summed E-state index contributed by atoms with van der Waals surface area (Å²) in [5.41, 5.74) is 0.729. The fourth-order valence-corrected chi connectivity index (χ4v) is 3.16. The lowest BCUT2D eigenvalue weighted by Crippen LogP contribution is -2.39. The summed E-state index contributed by atoms with van der Waals surface area (Å²) >= 11 is 0. The third kappa shape index (κ3) is 5.25. The number of carbonyl (C=O) groups is 1. The number of piperidine rings is 1. The summed E-state index contributed by atoms with van der Waals surface area (Å²) in [5.74, 6) is -0.725. The van der Waals surface area contributed by atoms with E-state index in [0.717, 1.165) is 50.8 Å². The predicted octanol–water partition coefficient (Wildman–Crippen LogP) is 3.76. The zero-order valence-corrected chi connectivity index (χ0v) is 14.5. The molecule has 2 aliphatic rings. The summed E-state index contributed by atoms with van der Waals surface area (Å²) in [5, 5.41) is 5.99. The van der Waals surface area contributed by atoms with E-state index in [0.29, 0.717) is 0 Å². The molecule has 25 heavy (non-hydrogen) atoms. The molecule has 2 fully saturated rings. The van der Waals surface area contributed by atoms with Gasteiger partial charge in [0.1, 0.15) is 5.75 Å². The van der Waals surface area contributed by atoms with Crippen LogP contribution in [0, 0.1) is 0 Å². The van der Waals surface area contributed by atoms with Crippen molar-refractivity contribution in [2.75, 3.05) is 13.1 Å². The fraction of sp³-hybridized carbons (Fsp3) is 0.588. The van der Waals surface area contributed by atoms with Crippen molar-refractivity contribution in [3.8, 4) is 5.75 Å². The van der Waals surface area contributed by atoms with Crippen LogP contribution in [0.3, 0.4) is 0 Å². The number of nitrogens with one attached hydrogen (secondary N) is 2. The Morgan fingerprint density at radius 3 is 2.40 bits per heavy atom. The van der Waals surface area contributed by atoms with E-state index in [2.05, 4.69) is 15.4 Å². The molecule has 2 N–H and O–H groups in total. The monoisotopic (exact) mass is 378 g/mol. The second-order valence-electron chi connectivity index (χ2n) is 6.43. The van der Waals surface area contributed by atoms with Gasteiger partial charge in [-0.15, -0.1) is 25.6 Å². The quantitative estimate of drug-likeness (QED) is 0.838. The van der Waals surface area contributed by atoms with Crippen molar-refractivity contribution in [3.63, 3.8) is 0 Å². The molecule has 1 aliphatic heterocycles. The second kappa shape index (κ2) is 8.27. The molecule has 0 aromatic heterocycles. The van der Waals surface area contributed by atoms with Crippen LogP contribution in [0.25, 0.3) is 0 Å². The topological polar surface area (TPSA) is 50.4 Å². The molecule has 1 heterocycles. The van der Waals surface area contributed by atoms with Gasteiger partial charge in [0, 0.05) is 6.04 Å². The van der Waals surface area contributed by atoms with Gasteiger partial charge in [-0.3, -0.25) is 4.79 Å². The highest BCUT2D eigenvalue weighted by molar-refractivity contribution is 5.97. The molecule has 1 saturated carbocycles. The number of halogens is 4. The van der Waals surface area contributed by atoms with Crippen molar-refractivity contribution in [1.29, 1.82) is 0 Å². The van der Waals surface area contributed by atoms with E-state index in [1.807, 2.05) is 0 Å². The van der Waals surface area contributed by atoms with Crippen molar-refractivity contribution in [2.24, 2.45) is 0 Å². The Balaban J connectivity index is 0.00000225. The lowest BCUT2D eigenvalue weighted by Gasteiger charge is -2.27. The number of rotatable bonds is 4. The normalized spacial score (nSPS) is 18.8. The van der Waals surface area contributed by atoms with Crippen LogP contribution in [0.4, 0.5) is 13.2 Å². The van der Waals surface area contributed by atoms with Gasteiger partial charge in [-0.25, -0.2) is 0 Å². The summed E-state index contributed by atoms with van der Waals surface area (Å²) in [4.78, 5) is 12.3. The zero-order valence-electron chi connectivity index (χ0n) is 13.7. The van der Waals surface area contributed by atoms with Crippen LogP contribution in [0.15, 0.2) is 18.2 Å². The Kier molecular flexibility index (Phi) is 6.57. The van der Waals surface area contributed by atoms with Crippen LogP contribution in [-0.4, -0.2) is 31.4 Å². The molecule has 1 saturated heterocycles. The van der Waals surface area contributed by atoms with Gasteiger partial charge in [0.2, 0.25) is 0 Å². The first kappa shape index (κ1) is 19.8. The number of amides is 1. The first-order valence-corrected chi connectivity index (χ1v) is 8.33. The first-order chi connectivity index (χ1) is 11.4. The lowest BCUT2D eigenvalue weighted by atomic mass is 9.89. The number of carbonyl (C=O) groups excluding carboxylic acids is 1. The molecule has 0 radical (unpaired) electrons. The van der Waals surface area contributed by atoms with E-state index in [9.17, 15) is 18.0 Å². The molecule has 0 bridgehead atoms. The minimum Gasteiger partial charge on any atom is -0.405 e. The zero-order chi connectivity index (χ0) is 17.2. The highest BCUT2D eigenvalue weighted by Crippen LogP contribution is 2.33. The minimum absolute atomic E-state index is 0. The van der Waals surface area contributed by atoms with E-state index in [1.165, 1.54) is 12.1 Å². The van der Waals surface area contributed by atoms with Crippen molar-refractivity contribution >= 4 is 18.3 Å². The van der Waals surface area contributed by atoms with Crippen LogP contribution >= 0.6 is 12.4 Å². The van der Waals surface area contributed by atoms with E-state index in [4.69, 9.17) is 0 Å². The van der Waals surface area contributed by atoms with Crippen LogP contribution in [0.1, 0.15) is 53.9 Å². The molecule has 1 aromatic carbocycles. The number of ether oxygens (including phenoxy) is 1. The van der Waals surface area contributed by atoms with Gasteiger partial charge in [0.05, 0.1) is 5.56 Å². The summed E-state index contributed by atoms with van der Waals surface area (Å²) in [7, 11) is 0. The molecule has 140 valence electrons. The average molecular weight is 379 g/mol. The number of alkyl halides is 3. The molecule has 1 amide bonds. The van der Waals surface area contributed by atoms with Crippen LogP contribution in [0.5, 0.6) is 5.75 Å². The number of hydrogen-bond donors (Lipinski definition) is 2. The Morgan fingerprint density at radius 1 is 1.16 bits per heavy atom. The van der Waals surface area contributed by atoms with Gasteiger partial charge in [-0.1, -0.05) is 6.07 Å². The lowest BCUT2D eigenvalue weighted by molar-refractivity contribution is -0.274. The summed E-state index contributed by atoms with van der Waals surface area (Å²) < 4.78 is 42.3. The Morgan fingerprint density at radius 2 is 1.84 bits per heavy atom. The van der Waals surface area contributed by atoms with Crippen LogP contribution in [0.2, 0.25) is 0 Å². The minimum atomic E-state index is -4.82. The molecule has 1 aliphatic carbocycles. The van der Waals surface area contributed by atoms with Crippen molar-refractivity contribution in [1.82, 2.24) is 10.6 Å². The standard InChI is InChI=1S/C17H21F3N2O2.ClH/c18-17(19,20)24-15-10-12(11-6-8-21-9-7-11)4-5-14(15)16(23)22-13-2-1-3-13;/h4-5,10-11,13,21H,1-3,6-9H2,(H,22,23);1H. The summed E-state index contributed by atoms with van der Waals surface area (Å²) in [6.45, 7) is 1.67. The molecular formula is C17H22ClF3N2O2. The summed E-state index contributed by atoms with van der Waals surface area (Å²) in [6, 6.07) is 4.63. The van der Waals surface area contributed by atoms with Gasteiger partial charge in [-0.05, 0) is 68.8 Å². The molecule has 1 aromatic rings. The maximum atomic E-state index is 12.7. The average Bonchev–Trinajstić information content (AvgIpc) is 2.50. The molecule has 4 nitrogen and oxygen atoms in total. The highest BCUT2D eigenvalue weighted by Gasteiger charge is 2.34. The van der Waals surface area contributed by atoms with E-state index in [1.54, 1.807) is 6.07 Å². The Labute approximate surface area is 150 Å². The SMILES string of the molecule is Cl.O=C(NC1CCC1)c1ccc(C2CCNCC2)cc1OC(F)(F)F. The molecule has 8 heteroatoms. The molecule has 3 rings (SSSR count). The van der Waals surface area contributed by atoms with Crippen LogP contribution < -0.4 is 15.4 Å². The largest absolute Gasteiger partial charge is 0.573 e.